The van der Waals surface area contributed by atoms with E-state index in [1.54, 1.807) is 0 Å². The molecule has 2 nitrogen and oxygen atoms in total. The number of nitrogens with one attached hydrogen (secondary N) is 1. The molecule has 1 aromatic rings. The van der Waals surface area contributed by atoms with Crippen LogP contribution in [0.2, 0.25) is 0 Å². The molecule has 0 heterocycles. The van der Waals surface area contributed by atoms with E-state index in [1.165, 1.54) is 6.42 Å². The van der Waals surface area contributed by atoms with Crippen LogP contribution in [0.25, 0.3) is 0 Å². The van der Waals surface area contributed by atoms with Crippen molar-refractivity contribution < 1.29 is 13.2 Å². The molecule has 19 heavy (non-hydrogen) atoms. The summed E-state index contributed by atoms with van der Waals surface area (Å²) >= 11 is 0. The molecule has 1 unspecified atom stereocenters. The summed E-state index contributed by atoms with van der Waals surface area (Å²) in [6, 6.07) is 2.02. The maximum atomic E-state index is 13.2. The Morgan fingerprint density at radius 1 is 1.11 bits per heavy atom. The summed E-state index contributed by atoms with van der Waals surface area (Å²) < 4.78 is 39.4. The maximum absolute atomic E-state index is 13.2. The second-order valence-corrected chi connectivity index (χ2v) is 5.09. The first-order valence-electron chi connectivity index (χ1n) is 6.72. The Hall–Kier alpha value is -1.07. The SMILES string of the molecule is NCC(NC1CCCCC1)c1cc(F)c(F)c(F)c1. The van der Waals surface area contributed by atoms with Crippen LogP contribution in [0.1, 0.15) is 43.7 Å². The van der Waals surface area contributed by atoms with Gasteiger partial charge in [-0.15, -0.1) is 0 Å². The monoisotopic (exact) mass is 272 g/mol. The first-order chi connectivity index (χ1) is 9.11. The third-order valence-corrected chi connectivity index (χ3v) is 3.69. The van der Waals surface area contributed by atoms with Gasteiger partial charge in [-0.1, -0.05) is 19.3 Å². The molecule has 2 rings (SSSR count). The van der Waals surface area contributed by atoms with Gasteiger partial charge in [-0.3, -0.25) is 0 Å². The molecular weight excluding hydrogens is 253 g/mol. The van der Waals surface area contributed by atoms with Crippen molar-refractivity contribution in [1.82, 2.24) is 5.32 Å². The van der Waals surface area contributed by atoms with E-state index in [2.05, 4.69) is 5.32 Å². The Morgan fingerprint density at radius 2 is 1.68 bits per heavy atom. The van der Waals surface area contributed by atoms with E-state index in [0.29, 0.717) is 11.6 Å². The van der Waals surface area contributed by atoms with E-state index in [4.69, 9.17) is 5.73 Å². The van der Waals surface area contributed by atoms with E-state index in [9.17, 15) is 13.2 Å². The van der Waals surface area contributed by atoms with Gasteiger partial charge in [0.2, 0.25) is 0 Å². The summed E-state index contributed by atoms with van der Waals surface area (Å²) in [6.07, 6.45) is 5.62. The van der Waals surface area contributed by atoms with E-state index >= 15 is 0 Å². The van der Waals surface area contributed by atoms with Crippen LogP contribution in [0, 0.1) is 17.5 Å². The molecule has 106 valence electrons. The molecule has 0 radical (unpaired) electrons. The van der Waals surface area contributed by atoms with Gasteiger partial charge in [-0.25, -0.2) is 13.2 Å². The molecule has 1 saturated carbocycles. The van der Waals surface area contributed by atoms with Crippen LogP contribution in [0.4, 0.5) is 13.2 Å². The zero-order valence-electron chi connectivity index (χ0n) is 10.8. The number of hydrogen-bond acceptors (Lipinski definition) is 2. The fraction of sp³-hybridized carbons (Fsp3) is 0.571. The molecule has 0 bridgehead atoms. The van der Waals surface area contributed by atoms with Crippen LogP contribution in [-0.2, 0) is 0 Å². The molecule has 1 aromatic carbocycles. The largest absolute Gasteiger partial charge is 0.329 e. The lowest BCUT2D eigenvalue weighted by molar-refractivity contribution is 0.338. The van der Waals surface area contributed by atoms with Crippen molar-refractivity contribution in [3.63, 3.8) is 0 Å². The highest BCUT2D eigenvalue weighted by Gasteiger charge is 2.20. The average molecular weight is 272 g/mol. The number of nitrogens with two attached hydrogens (primary N) is 1. The molecule has 0 saturated heterocycles. The smallest absolute Gasteiger partial charge is 0.194 e. The number of hydrogen-bond donors (Lipinski definition) is 2. The number of benzene rings is 1. The van der Waals surface area contributed by atoms with Gasteiger partial charge in [0.1, 0.15) is 0 Å². The minimum atomic E-state index is -1.43. The summed E-state index contributed by atoms with van der Waals surface area (Å²) in [4.78, 5) is 0. The third-order valence-electron chi connectivity index (χ3n) is 3.69. The fourth-order valence-electron chi connectivity index (χ4n) is 2.63. The summed E-state index contributed by atoms with van der Waals surface area (Å²) in [5.74, 6) is -3.77. The Balaban J connectivity index is 2.12. The molecule has 0 aromatic heterocycles. The van der Waals surface area contributed by atoms with E-state index in [-0.39, 0.29) is 12.6 Å². The van der Waals surface area contributed by atoms with Crippen LogP contribution in [0.15, 0.2) is 12.1 Å². The Bertz CT molecular complexity index is 408. The molecule has 1 atom stereocenters. The highest BCUT2D eigenvalue weighted by atomic mass is 19.2. The van der Waals surface area contributed by atoms with Crippen LogP contribution in [0.5, 0.6) is 0 Å². The summed E-state index contributed by atoms with van der Waals surface area (Å²) in [7, 11) is 0. The normalized spacial score (nSPS) is 18.5. The van der Waals surface area contributed by atoms with E-state index < -0.39 is 17.5 Å². The zero-order chi connectivity index (χ0) is 13.8. The highest BCUT2D eigenvalue weighted by Crippen LogP contribution is 2.23. The minimum Gasteiger partial charge on any atom is -0.329 e. The number of halogens is 3. The van der Waals surface area contributed by atoms with Crippen LogP contribution in [-0.4, -0.2) is 12.6 Å². The maximum Gasteiger partial charge on any atom is 0.194 e. The zero-order valence-corrected chi connectivity index (χ0v) is 10.8. The van der Waals surface area contributed by atoms with E-state index in [0.717, 1.165) is 37.8 Å². The van der Waals surface area contributed by atoms with Gasteiger partial charge in [0.25, 0.3) is 0 Å². The van der Waals surface area contributed by atoms with Gasteiger partial charge in [0, 0.05) is 18.6 Å². The molecule has 0 aliphatic heterocycles. The lowest BCUT2D eigenvalue weighted by atomic mass is 9.94. The number of rotatable bonds is 4. The lowest BCUT2D eigenvalue weighted by Gasteiger charge is -2.28. The quantitative estimate of drug-likeness (QED) is 0.827. The minimum absolute atomic E-state index is 0.223. The standard InChI is InChI=1S/C14H19F3N2/c15-11-6-9(7-12(16)14(11)17)13(8-18)19-10-4-2-1-3-5-10/h6-7,10,13,19H,1-5,8,18H2. The van der Waals surface area contributed by atoms with Crippen molar-refractivity contribution in [2.24, 2.45) is 5.73 Å². The van der Waals surface area contributed by atoms with Crippen LogP contribution in [0.3, 0.4) is 0 Å². The predicted molar refractivity (Wildman–Crippen MR) is 68.1 cm³/mol. The molecule has 1 fully saturated rings. The second-order valence-electron chi connectivity index (χ2n) is 5.09. The van der Waals surface area contributed by atoms with Crippen molar-refractivity contribution >= 4 is 0 Å². The Labute approximate surface area is 111 Å². The van der Waals surface area contributed by atoms with Gasteiger partial charge in [-0.05, 0) is 30.5 Å². The first-order valence-corrected chi connectivity index (χ1v) is 6.72. The van der Waals surface area contributed by atoms with Crippen molar-refractivity contribution in [1.29, 1.82) is 0 Å². The van der Waals surface area contributed by atoms with Crippen LogP contribution < -0.4 is 11.1 Å². The van der Waals surface area contributed by atoms with Crippen LogP contribution >= 0.6 is 0 Å². The molecule has 3 N–H and O–H groups in total. The molecule has 0 spiro atoms. The molecule has 5 heteroatoms. The van der Waals surface area contributed by atoms with Gasteiger partial charge < -0.3 is 11.1 Å². The topological polar surface area (TPSA) is 38.0 Å². The predicted octanol–water partition coefficient (Wildman–Crippen LogP) is 3.03. The summed E-state index contributed by atoms with van der Waals surface area (Å²) in [5.41, 5.74) is 6.02. The summed E-state index contributed by atoms with van der Waals surface area (Å²) in [6.45, 7) is 0.223. The molecular formula is C14H19F3N2. The van der Waals surface area contributed by atoms with Gasteiger partial charge in [0.05, 0.1) is 0 Å². The van der Waals surface area contributed by atoms with Gasteiger partial charge in [0.15, 0.2) is 17.5 Å². The van der Waals surface area contributed by atoms with E-state index in [1.807, 2.05) is 0 Å². The first kappa shape index (κ1) is 14.3. The van der Waals surface area contributed by atoms with Crippen molar-refractivity contribution in [2.45, 2.75) is 44.2 Å². The Kier molecular flexibility index (Phi) is 4.82. The summed E-state index contributed by atoms with van der Waals surface area (Å²) in [5, 5.41) is 3.32. The van der Waals surface area contributed by atoms with Crippen molar-refractivity contribution in [3.05, 3.63) is 35.1 Å². The van der Waals surface area contributed by atoms with Crippen molar-refractivity contribution in [3.8, 4) is 0 Å². The lowest BCUT2D eigenvalue weighted by Crippen LogP contribution is -2.38. The average Bonchev–Trinajstić information content (AvgIpc) is 2.42. The molecule has 0 amide bonds. The fourth-order valence-corrected chi connectivity index (χ4v) is 2.63. The third kappa shape index (κ3) is 3.48. The van der Waals surface area contributed by atoms with Gasteiger partial charge in [-0.2, -0.15) is 0 Å². The Morgan fingerprint density at radius 3 is 2.21 bits per heavy atom. The van der Waals surface area contributed by atoms with Crippen molar-refractivity contribution in [2.75, 3.05) is 6.54 Å². The molecule has 1 aliphatic carbocycles. The highest BCUT2D eigenvalue weighted by molar-refractivity contribution is 5.23. The molecule has 1 aliphatic rings. The second kappa shape index (κ2) is 6.39. The van der Waals surface area contributed by atoms with Gasteiger partial charge >= 0.3 is 0 Å².